The Morgan fingerprint density at radius 2 is 1.88 bits per heavy atom. The minimum absolute atomic E-state index is 0.134. The van der Waals surface area contributed by atoms with Crippen LogP contribution in [0.1, 0.15) is 30.2 Å². The fourth-order valence-corrected chi connectivity index (χ4v) is 4.78. The number of aliphatic imine (C=N–C) groups is 1. The fourth-order valence-electron chi connectivity index (χ4n) is 4.24. The summed E-state index contributed by atoms with van der Waals surface area (Å²) in [6.07, 6.45) is -1.24. The molecule has 2 aromatic carbocycles. The fraction of sp³-hybridized carbons (Fsp3) is 0.214. The summed E-state index contributed by atoms with van der Waals surface area (Å²) in [4.78, 5) is 78.1. The third kappa shape index (κ3) is 6.90. The Kier molecular flexibility index (Phi) is 9.50. The number of amides is 3. The molecule has 42 heavy (non-hydrogen) atoms. The summed E-state index contributed by atoms with van der Waals surface area (Å²) in [6, 6.07) is 14.8. The minimum Gasteiger partial charge on any atom is -0.398 e. The first-order valence-corrected chi connectivity index (χ1v) is 13.5. The van der Waals surface area contributed by atoms with Crippen LogP contribution >= 0.6 is 11.3 Å². The summed E-state index contributed by atoms with van der Waals surface area (Å²) in [5.74, 6) is -2.54. The number of rotatable bonds is 11. The van der Waals surface area contributed by atoms with Gasteiger partial charge >= 0.3 is 0 Å². The number of para-hydroxylation sites is 1. The number of benzodiazepines with no additional fused rings is 1. The van der Waals surface area contributed by atoms with Gasteiger partial charge in [0.1, 0.15) is 31.4 Å². The lowest BCUT2D eigenvalue weighted by molar-refractivity contribution is -0.127. The number of aromatic nitrogens is 1. The Morgan fingerprint density at radius 1 is 1.17 bits per heavy atom. The number of oxime groups is 1. The van der Waals surface area contributed by atoms with Crippen LogP contribution in [0, 0.1) is 0 Å². The molecule has 4 rings (SSSR count). The largest absolute Gasteiger partial charge is 0.398 e. The predicted octanol–water partition coefficient (Wildman–Crippen LogP) is 1.07. The smallest absolute Gasteiger partial charge is 0.277 e. The number of hydrogen-bond acceptors (Lipinski definition) is 11. The molecule has 0 radical (unpaired) electrons. The molecule has 1 unspecified atom stereocenters. The van der Waals surface area contributed by atoms with E-state index in [9.17, 15) is 24.0 Å². The SMILES string of the molecule is CO/N=C(\C(=O)NC1N=C(c2ccccc2)c2ccccc2N(CC(=O)N[C@H](C=O)CC(C)=O)C1=O)c1csc(N)n1. The molecule has 1 aliphatic heterocycles. The van der Waals surface area contributed by atoms with E-state index in [1.54, 1.807) is 48.5 Å². The van der Waals surface area contributed by atoms with Gasteiger partial charge in [0.2, 0.25) is 12.1 Å². The molecule has 0 spiro atoms. The number of nitrogen functional groups attached to an aromatic ring is 1. The van der Waals surface area contributed by atoms with Gasteiger partial charge in [-0.2, -0.15) is 0 Å². The molecule has 2 atom stereocenters. The first-order chi connectivity index (χ1) is 20.2. The van der Waals surface area contributed by atoms with Crippen molar-refractivity contribution in [3.05, 3.63) is 76.8 Å². The Balaban J connectivity index is 1.75. The van der Waals surface area contributed by atoms with Gasteiger partial charge in [0.25, 0.3) is 11.8 Å². The van der Waals surface area contributed by atoms with Crippen LogP contribution in [-0.4, -0.2) is 72.1 Å². The molecule has 1 aromatic heterocycles. The number of benzene rings is 2. The van der Waals surface area contributed by atoms with Crippen LogP contribution in [0.15, 0.2) is 70.1 Å². The van der Waals surface area contributed by atoms with Crippen LogP contribution in [0.3, 0.4) is 0 Å². The second kappa shape index (κ2) is 13.4. The van der Waals surface area contributed by atoms with Gasteiger partial charge in [-0.25, -0.2) is 9.98 Å². The first kappa shape index (κ1) is 29.7. The van der Waals surface area contributed by atoms with E-state index in [1.807, 2.05) is 6.07 Å². The average molecular weight is 590 g/mol. The highest BCUT2D eigenvalue weighted by Gasteiger charge is 2.35. The molecule has 0 aliphatic carbocycles. The standard InChI is InChI=1S/C28H27N7O6S/c1-16(37)12-18(14-36)30-22(38)13-35-21-11-7-6-10-19(21)23(17-8-4-3-5-9-17)32-25(27(35)40)33-26(39)24(34-41-2)20-15-42-28(29)31-20/h3-11,14-15,18,25H,12-13H2,1-2H3,(H2,29,31)(H,30,38)(H,33,39)/b34-24-/t18-,25?/m0/s1. The highest BCUT2D eigenvalue weighted by molar-refractivity contribution is 7.13. The average Bonchev–Trinajstić information content (AvgIpc) is 3.37. The minimum atomic E-state index is -1.51. The van der Waals surface area contributed by atoms with E-state index in [0.717, 1.165) is 11.3 Å². The number of thiazole rings is 1. The Labute approximate surface area is 244 Å². The topological polar surface area (TPSA) is 186 Å². The van der Waals surface area contributed by atoms with Crippen molar-refractivity contribution >= 4 is 63.4 Å². The van der Waals surface area contributed by atoms with Gasteiger partial charge in [-0.1, -0.05) is 53.7 Å². The molecule has 3 aromatic rings. The highest BCUT2D eigenvalue weighted by Crippen LogP contribution is 2.28. The van der Waals surface area contributed by atoms with Crippen molar-refractivity contribution in [3.8, 4) is 0 Å². The lowest BCUT2D eigenvalue weighted by Crippen LogP contribution is -2.52. The van der Waals surface area contributed by atoms with Crippen molar-refractivity contribution < 1.29 is 28.8 Å². The number of fused-ring (bicyclic) bond motifs is 1. The zero-order valence-electron chi connectivity index (χ0n) is 22.6. The second-order valence-electron chi connectivity index (χ2n) is 9.07. The number of nitrogens with zero attached hydrogens (tertiary/aromatic N) is 4. The maximum atomic E-state index is 14.0. The van der Waals surface area contributed by atoms with Crippen molar-refractivity contribution in [1.82, 2.24) is 15.6 Å². The lowest BCUT2D eigenvalue weighted by atomic mass is 10.0. The molecule has 216 valence electrons. The van der Waals surface area contributed by atoms with E-state index in [-0.39, 0.29) is 28.7 Å². The number of carbonyl (C=O) groups is 5. The number of anilines is 2. The van der Waals surface area contributed by atoms with Crippen LogP contribution in [0.25, 0.3) is 0 Å². The molecule has 2 heterocycles. The van der Waals surface area contributed by atoms with E-state index in [4.69, 9.17) is 10.6 Å². The number of aldehydes is 1. The van der Waals surface area contributed by atoms with Crippen molar-refractivity contribution in [3.63, 3.8) is 0 Å². The zero-order valence-corrected chi connectivity index (χ0v) is 23.5. The van der Waals surface area contributed by atoms with Crippen LogP contribution in [-0.2, 0) is 28.8 Å². The van der Waals surface area contributed by atoms with Gasteiger partial charge in [-0.05, 0) is 13.0 Å². The Bertz CT molecular complexity index is 1570. The van der Waals surface area contributed by atoms with Crippen molar-refractivity contribution in [2.75, 3.05) is 24.3 Å². The molecule has 3 amide bonds. The van der Waals surface area contributed by atoms with Gasteiger partial charge < -0.3 is 26.0 Å². The van der Waals surface area contributed by atoms with E-state index < -0.39 is 36.5 Å². The number of hydrogen-bond donors (Lipinski definition) is 3. The summed E-state index contributed by atoms with van der Waals surface area (Å²) in [6.45, 7) is 0.776. The van der Waals surface area contributed by atoms with Crippen LogP contribution in [0.4, 0.5) is 10.8 Å². The first-order valence-electron chi connectivity index (χ1n) is 12.6. The van der Waals surface area contributed by atoms with E-state index in [2.05, 4.69) is 25.8 Å². The van der Waals surface area contributed by atoms with Gasteiger partial charge in [-0.15, -0.1) is 11.3 Å². The van der Waals surface area contributed by atoms with Gasteiger partial charge in [0.05, 0.1) is 17.4 Å². The Hall–Kier alpha value is -5.24. The monoisotopic (exact) mass is 589 g/mol. The van der Waals surface area contributed by atoms with Crippen molar-refractivity contribution in [2.24, 2.45) is 10.1 Å². The number of nitrogens with two attached hydrogens (primary N) is 1. The molecule has 4 N–H and O–H groups in total. The third-order valence-electron chi connectivity index (χ3n) is 6.01. The number of ketones is 1. The molecule has 0 saturated heterocycles. The number of Topliss-reactive ketones (excluding diaryl/α,β-unsaturated/α-hetero) is 1. The highest BCUT2D eigenvalue weighted by atomic mass is 32.1. The second-order valence-corrected chi connectivity index (χ2v) is 9.96. The van der Waals surface area contributed by atoms with Crippen LogP contribution in [0.5, 0.6) is 0 Å². The molecule has 13 nitrogen and oxygen atoms in total. The number of nitrogens with one attached hydrogen (secondary N) is 2. The molecule has 0 bridgehead atoms. The summed E-state index contributed by atoms with van der Waals surface area (Å²) < 4.78 is 0. The van der Waals surface area contributed by atoms with Crippen molar-refractivity contribution in [2.45, 2.75) is 25.6 Å². The maximum absolute atomic E-state index is 14.0. The van der Waals surface area contributed by atoms with Crippen LogP contribution in [0.2, 0.25) is 0 Å². The van der Waals surface area contributed by atoms with E-state index in [1.165, 1.54) is 24.3 Å². The summed E-state index contributed by atoms with van der Waals surface area (Å²) in [5.41, 5.74) is 7.54. The normalized spacial score (nSPS) is 15.5. The summed E-state index contributed by atoms with van der Waals surface area (Å²) >= 11 is 1.09. The third-order valence-corrected chi connectivity index (χ3v) is 6.68. The van der Waals surface area contributed by atoms with Crippen molar-refractivity contribution in [1.29, 1.82) is 0 Å². The molecular formula is C28H27N7O6S. The van der Waals surface area contributed by atoms with E-state index >= 15 is 0 Å². The molecule has 0 fully saturated rings. The number of carbonyl (C=O) groups excluding carboxylic acids is 5. The van der Waals surface area contributed by atoms with E-state index in [0.29, 0.717) is 28.8 Å². The molecular weight excluding hydrogens is 562 g/mol. The molecule has 0 saturated carbocycles. The predicted molar refractivity (Wildman–Crippen MR) is 156 cm³/mol. The van der Waals surface area contributed by atoms with Gasteiger partial charge in [0, 0.05) is 22.9 Å². The quantitative estimate of drug-likeness (QED) is 0.168. The maximum Gasteiger partial charge on any atom is 0.277 e. The summed E-state index contributed by atoms with van der Waals surface area (Å²) in [7, 11) is 1.25. The van der Waals surface area contributed by atoms with Gasteiger partial charge in [-0.3, -0.25) is 24.1 Å². The zero-order chi connectivity index (χ0) is 30.2. The summed E-state index contributed by atoms with van der Waals surface area (Å²) in [5, 5.41) is 10.5. The molecule has 14 heteroatoms. The van der Waals surface area contributed by atoms with Crippen LogP contribution < -0.4 is 21.3 Å². The van der Waals surface area contributed by atoms with Gasteiger partial charge in [0.15, 0.2) is 10.8 Å². The Morgan fingerprint density at radius 3 is 2.52 bits per heavy atom. The molecule has 1 aliphatic rings. The lowest BCUT2D eigenvalue weighted by Gasteiger charge is -2.25.